The third-order valence-electron chi connectivity index (χ3n) is 4.81. The quantitative estimate of drug-likeness (QED) is 0.833. The number of benzene rings is 2. The summed E-state index contributed by atoms with van der Waals surface area (Å²) >= 11 is 0. The molecule has 2 atom stereocenters. The Morgan fingerprint density at radius 1 is 0.926 bits per heavy atom. The van der Waals surface area contributed by atoms with Gasteiger partial charge in [0.05, 0.1) is 18.9 Å². The average Bonchev–Trinajstić information content (AvgIpc) is 3.43. The van der Waals surface area contributed by atoms with E-state index in [2.05, 4.69) is 31.4 Å². The number of methoxy groups -OCH3 is 1. The molecule has 2 aromatic rings. The van der Waals surface area contributed by atoms with Crippen LogP contribution in [0.2, 0.25) is 0 Å². The zero-order valence-electron chi connectivity index (χ0n) is 16.2. The molecule has 0 bridgehead atoms. The number of hydrogen-bond acceptors (Lipinski definition) is 3. The first-order valence-electron chi connectivity index (χ1n) is 9.15. The molecule has 0 aromatic heterocycles. The molecule has 2 amide bonds. The van der Waals surface area contributed by atoms with Gasteiger partial charge in [0.15, 0.2) is 0 Å². The molecular formula is C22H26N2O3. The summed E-state index contributed by atoms with van der Waals surface area (Å²) in [5.74, 6) is -0.0506. The normalized spacial score (nSPS) is 18.5. The highest BCUT2D eigenvalue weighted by Gasteiger charge is 2.48. The van der Waals surface area contributed by atoms with E-state index in [0.29, 0.717) is 12.1 Å². The number of para-hydroxylation sites is 1. The smallest absolute Gasteiger partial charge is 0.228 e. The summed E-state index contributed by atoms with van der Waals surface area (Å²) in [6, 6.07) is 15.0. The van der Waals surface area contributed by atoms with Crippen molar-refractivity contribution in [2.24, 2.45) is 11.8 Å². The van der Waals surface area contributed by atoms with Crippen molar-refractivity contribution in [1.82, 2.24) is 0 Å². The number of anilines is 2. The molecular weight excluding hydrogens is 340 g/mol. The van der Waals surface area contributed by atoms with Crippen molar-refractivity contribution in [3.63, 3.8) is 0 Å². The maximum atomic E-state index is 12.6. The highest BCUT2D eigenvalue weighted by molar-refractivity contribution is 6.03. The van der Waals surface area contributed by atoms with Crippen LogP contribution in [-0.4, -0.2) is 18.9 Å². The van der Waals surface area contributed by atoms with E-state index >= 15 is 0 Å². The fraction of sp³-hybridized carbons (Fsp3) is 0.364. The highest BCUT2D eigenvalue weighted by atomic mass is 16.5. The van der Waals surface area contributed by atoms with E-state index in [1.807, 2.05) is 24.3 Å². The van der Waals surface area contributed by atoms with Crippen LogP contribution in [0.1, 0.15) is 32.8 Å². The van der Waals surface area contributed by atoms with Gasteiger partial charge >= 0.3 is 0 Å². The van der Waals surface area contributed by atoms with E-state index in [0.717, 1.165) is 17.0 Å². The number of ether oxygens (including phenoxy) is 1. The lowest BCUT2D eigenvalue weighted by Crippen LogP contribution is -2.22. The maximum Gasteiger partial charge on any atom is 0.228 e. The Balaban J connectivity index is 1.60. The summed E-state index contributed by atoms with van der Waals surface area (Å²) in [6.07, 6.45) is 0.575. The van der Waals surface area contributed by atoms with Gasteiger partial charge in [-0.15, -0.1) is 0 Å². The molecule has 1 saturated carbocycles. The van der Waals surface area contributed by atoms with Crippen LogP contribution in [-0.2, 0) is 15.0 Å². The molecule has 2 unspecified atom stereocenters. The van der Waals surface area contributed by atoms with Crippen molar-refractivity contribution in [2.45, 2.75) is 32.6 Å². The van der Waals surface area contributed by atoms with E-state index in [-0.39, 0.29) is 29.1 Å². The molecule has 5 nitrogen and oxygen atoms in total. The molecule has 27 heavy (non-hydrogen) atoms. The van der Waals surface area contributed by atoms with Gasteiger partial charge < -0.3 is 15.4 Å². The predicted molar refractivity (Wildman–Crippen MR) is 107 cm³/mol. The molecule has 142 valence electrons. The lowest BCUT2D eigenvalue weighted by atomic mass is 9.86. The fourth-order valence-corrected chi connectivity index (χ4v) is 3.16. The fourth-order valence-electron chi connectivity index (χ4n) is 3.16. The molecule has 1 aliphatic rings. The van der Waals surface area contributed by atoms with E-state index in [1.54, 1.807) is 31.4 Å². The van der Waals surface area contributed by atoms with Crippen LogP contribution in [0, 0.1) is 11.8 Å². The van der Waals surface area contributed by atoms with Crippen LogP contribution >= 0.6 is 0 Å². The lowest BCUT2D eigenvalue weighted by Gasteiger charge is -2.23. The maximum absolute atomic E-state index is 12.6. The Morgan fingerprint density at radius 2 is 1.52 bits per heavy atom. The number of nitrogens with one attached hydrogen (secondary N) is 2. The van der Waals surface area contributed by atoms with Crippen molar-refractivity contribution in [2.75, 3.05) is 17.7 Å². The zero-order chi connectivity index (χ0) is 19.6. The van der Waals surface area contributed by atoms with Gasteiger partial charge in [0, 0.05) is 11.4 Å². The summed E-state index contributed by atoms with van der Waals surface area (Å²) < 4.78 is 5.11. The summed E-state index contributed by atoms with van der Waals surface area (Å²) in [5.41, 5.74) is 2.53. The molecule has 0 radical (unpaired) electrons. The highest BCUT2D eigenvalue weighted by Crippen LogP contribution is 2.41. The number of rotatable bonds is 5. The van der Waals surface area contributed by atoms with Gasteiger partial charge in [0.2, 0.25) is 11.8 Å². The Morgan fingerprint density at radius 3 is 2.11 bits per heavy atom. The molecule has 2 aromatic carbocycles. The van der Waals surface area contributed by atoms with Crippen molar-refractivity contribution >= 4 is 23.2 Å². The van der Waals surface area contributed by atoms with Gasteiger partial charge in [-0.25, -0.2) is 0 Å². The van der Waals surface area contributed by atoms with Crippen molar-refractivity contribution in [3.05, 3.63) is 54.1 Å². The predicted octanol–water partition coefficient (Wildman–Crippen LogP) is 4.21. The summed E-state index contributed by atoms with van der Waals surface area (Å²) in [4.78, 5) is 25.0. The first kappa shape index (κ1) is 19.0. The Labute approximate surface area is 160 Å². The third kappa shape index (κ3) is 4.48. The monoisotopic (exact) mass is 366 g/mol. The van der Waals surface area contributed by atoms with Gasteiger partial charge in [0.1, 0.15) is 5.75 Å². The van der Waals surface area contributed by atoms with Gasteiger partial charge in [-0.2, -0.15) is 0 Å². The van der Waals surface area contributed by atoms with E-state index in [9.17, 15) is 9.59 Å². The van der Waals surface area contributed by atoms with Crippen molar-refractivity contribution < 1.29 is 14.3 Å². The number of carbonyl (C=O) groups excluding carboxylic acids is 2. The number of hydrogen-bond donors (Lipinski definition) is 2. The summed E-state index contributed by atoms with van der Waals surface area (Å²) in [5, 5.41) is 5.87. The molecule has 1 fully saturated rings. The lowest BCUT2D eigenvalue weighted by molar-refractivity contribution is -0.122. The molecule has 0 heterocycles. The third-order valence-corrected chi connectivity index (χ3v) is 4.81. The molecule has 2 N–H and O–H groups in total. The van der Waals surface area contributed by atoms with Crippen LogP contribution < -0.4 is 15.4 Å². The first-order valence-corrected chi connectivity index (χ1v) is 9.15. The van der Waals surface area contributed by atoms with Crippen LogP contribution in [0.3, 0.4) is 0 Å². The molecule has 0 spiro atoms. The van der Waals surface area contributed by atoms with Crippen LogP contribution in [0.15, 0.2) is 48.5 Å². The minimum atomic E-state index is -0.283. The first-order chi connectivity index (χ1) is 12.8. The topological polar surface area (TPSA) is 67.4 Å². The second-order valence-corrected chi connectivity index (χ2v) is 7.95. The van der Waals surface area contributed by atoms with Gasteiger partial charge in [0.25, 0.3) is 0 Å². The van der Waals surface area contributed by atoms with E-state index in [4.69, 9.17) is 4.74 Å². The summed E-state index contributed by atoms with van der Waals surface area (Å²) in [6.45, 7) is 6.33. The largest absolute Gasteiger partial charge is 0.497 e. The number of amides is 2. The summed E-state index contributed by atoms with van der Waals surface area (Å²) in [7, 11) is 1.60. The standard InChI is InChI=1S/C22H26N2O3/c1-22(2,3)18-7-5-6-8-19(18)24-21(26)17-13-16(17)20(25)23-14-9-11-15(27-4)12-10-14/h5-12,16-17H,13H2,1-4H3,(H,23,25)(H,24,26). The second-order valence-electron chi connectivity index (χ2n) is 7.95. The SMILES string of the molecule is COc1ccc(NC(=O)C2CC2C(=O)Nc2ccccc2C(C)(C)C)cc1. The molecule has 0 saturated heterocycles. The van der Waals surface area contributed by atoms with E-state index < -0.39 is 0 Å². The number of carbonyl (C=O) groups is 2. The van der Waals surface area contributed by atoms with Gasteiger partial charge in [-0.1, -0.05) is 39.0 Å². The Bertz CT molecular complexity index is 837. The van der Waals surface area contributed by atoms with Crippen molar-refractivity contribution in [3.8, 4) is 5.75 Å². The molecule has 0 aliphatic heterocycles. The van der Waals surface area contributed by atoms with E-state index in [1.165, 1.54) is 0 Å². The van der Waals surface area contributed by atoms with Crippen LogP contribution in [0.4, 0.5) is 11.4 Å². The molecule has 3 rings (SSSR count). The average molecular weight is 366 g/mol. The minimum absolute atomic E-state index is 0.0709. The van der Waals surface area contributed by atoms with Crippen LogP contribution in [0.5, 0.6) is 5.75 Å². The molecule has 5 heteroatoms. The second kappa shape index (κ2) is 7.43. The molecule has 1 aliphatic carbocycles. The minimum Gasteiger partial charge on any atom is -0.497 e. The zero-order valence-corrected chi connectivity index (χ0v) is 16.2. The van der Waals surface area contributed by atoms with Crippen LogP contribution in [0.25, 0.3) is 0 Å². The van der Waals surface area contributed by atoms with Crippen molar-refractivity contribution in [1.29, 1.82) is 0 Å². The van der Waals surface area contributed by atoms with Gasteiger partial charge in [-0.05, 0) is 47.7 Å². The Kier molecular flexibility index (Phi) is 5.22. The van der Waals surface area contributed by atoms with Gasteiger partial charge in [-0.3, -0.25) is 9.59 Å². The Hall–Kier alpha value is -2.82.